The molecule has 0 spiro atoms. The molecule has 0 bridgehead atoms. The number of nitrogens with one attached hydrogen (secondary N) is 2. The Balaban J connectivity index is 2.56. The maximum Gasteiger partial charge on any atom is 0.328 e. The second kappa shape index (κ2) is 6.37. The van der Waals surface area contributed by atoms with Crippen LogP contribution in [0.25, 0.3) is 0 Å². The molecule has 6 nitrogen and oxygen atoms in total. The summed E-state index contributed by atoms with van der Waals surface area (Å²) in [4.78, 5) is 34.4. The number of ether oxygens (including phenoxy) is 1. The third kappa shape index (κ3) is 4.01. The van der Waals surface area contributed by atoms with E-state index in [4.69, 9.17) is 0 Å². The van der Waals surface area contributed by atoms with Crippen LogP contribution < -0.4 is 10.6 Å². The number of methoxy groups -OCH3 is 1. The van der Waals surface area contributed by atoms with Crippen LogP contribution in [0.4, 0.5) is 0 Å². The Bertz CT molecular complexity index is 341. The van der Waals surface area contributed by atoms with Crippen molar-refractivity contribution in [3.63, 3.8) is 0 Å². The molecule has 0 aliphatic carbocycles. The molecule has 0 saturated carbocycles. The SMILES string of the molecule is COC(=O)[C@@H](CC(C)C)NC(=O)[C@H]1CCC(=O)N1. The molecule has 1 aliphatic heterocycles. The van der Waals surface area contributed by atoms with E-state index >= 15 is 0 Å². The fraction of sp³-hybridized carbons (Fsp3) is 0.750. The zero-order valence-electron chi connectivity index (χ0n) is 11.0. The van der Waals surface area contributed by atoms with Gasteiger partial charge in [0.05, 0.1) is 7.11 Å². The molecule has 1 rings (SSSR count). The minimum absolute atomic E-state index is 0.131. The molecule has 0 aromatic rings. The van der Waals surface area contributed by atoms with Crippen molar-refractivity contribution in [1.29, 1.82) is 0 Å². The summed E-state index contributed by atoms with van der Waals surface area (Å²) in [5, 5.41) is 5.20. The van der Waals surface area contributed by atoms with Crippen molar-refractivity contribution in [3.8, 4) is 0 Å². The van der Waals surface area contributed by atoms with Crippen LogP contribution in [0.2, 0.25) is 0 Å². The van der Waals surface area contributed by atoms with E-state index in [2.05, 4.69) is 15.4 Å². The lowest BCUT2D eigenvalue weighted by Crippen LogP contribution is -2.49. The topological polar surface area (TPSA) is 84.5 Å². The number of hydrogen-bond donors (Lipinski definition) is 2. The first-order valence-electron chi connectivity index (χ1n) is 6.11. The van der Waals surface area contributed by atoms with E-state index in [0.29, 0.717) is 19.3 Å². The maximum absolute atomic E-state index is 11.9. The molecular formula is C12H20N2O4. The van der Waals surface area contributed by atoms with E-state index in [9.17, 15) is 14.4 Å². The zero-order chi connectivity index (χ0) is 13.7. The summed E-state index contributed by atoms with van der Waals surface area (Å²) in [5.74, 6) is -0.653. The Kier molecular flexibility index (Phi) is 5.12. The molecule has 1 aliphatic rings. The molecule has 1 heterocycles. The van der Waals surface area contributed by atoms with Crippen molar-refractivity contribution >= 4 is 17.8 Å². The van der Waals surface area contributed by atoms with Crippen molar-refractivity contribution < 1.29 is 19.1 Å². The van der Waals surface area contributed by atoms with Crippen LogP contribution in [-0.4, -0.2) is 37.0 Å². The molecule has 0 aromatic heterocycles. The molecule has 18 heavy (non-hydrogen) atoms. The van der Waals surface area contributed by atoms with E-state index in [1.807, 2.05) is 13.8 Å². The standard InChI is InChI=1S/C12H20N2O4/c1-7(2)6-9(12(17)18-3)14-11(16)8-4-5-10(15)13-8/h7-9H,4-6H2,1-3H3,(H,13,15)(H,14,16)/t8-,9-/m1/s1. The fourth-order valence-electron chi connectivity index (χ4n) is 1.91. The van der Waals surface area contributed by atoms with E-state index in [1.165, 1.54) is 7.11 Å². The molecule has 102 valence electrons. The minimum Gasteiger partial charge on any atom is -0.467 e. The van der Waals surface area contributed by atoms with E-state index in [0.717, 1.165) is 0 Å². The third-order valence-electron chi connectivity index (χ3n) is 2.82. The maximum atomic E-state index is 11.9. The van der Waals surface area contributed by atoms with Gasteiger partial charge >= 0.3 is 5.97 Å². The van der Waals surface area contributed by atoms with Gasteiger partial charge in [-0.25, -0.2) is 4.79 Å². The van der Waals surface area contributed by atoms with Crippen molar-refractivity contribution in [2.24, 2.45) is 5.92 Å². The van der Waals surface area contributed by atoms with Crippen LogP contribution in [0.1, 0.15) is 33.1 Å². The summed E-state index contributed by atoms with van der Waals surface area (Å²) in [7, 11) is 1.29. The van der Waals surface area contributed by atoms with Gasteiger partial charge in [-0.2, -0.15) is 0 Å². The van der Waals surface area contributed by atoms with Gasteiger partial charge in [0, 0.05) is 6.42 Å². The van der Waals surface area contributed by atoms with Crippen LogP contribution >= 0.6 is 0 Å². The largest absolute Gasteiger partial charge is 0.467 e. The number of amides is 2. The third-order valence-corrected chi connectivity index (χ3v) is 2.82. The first kappa shape index (κ1) is 14.5. The van der Waals surface area contributed by atoms with Gasteiger partial charge in [0.15, 0.2) is 0 Å². The van der Waals surface area contributed by atoms with Crippen molar-refractivity contribution in [2.75, 3.05) is 7.11 Å². The zero-order valence-corrected chi connectivity index (χ0v) is 11.0. The summed E-state index contributed by atoms with van der Waals surface area (Å²) in [5.41, 5.74) is 0. The smallest absolute Gasteiger partial charge is 0.328 e. The minimum atomic E-state index is -0.653. The van der Waals surface area contributed by atoms with Gasteiger partial charge < -0.3 is 15.4 Å². The van der Waals surface area contributed by atoms with Crippen molar-refractivity contribution in [2.45, 2.75) is 45.2 Å². The lowest BCUT2D eigenvalue weighted by Gasteiger charge is -2.20. The first-order chi connectivity index (χ1) is 8.43. The predicted molar refractivity (Wildman–Crippen MR) is 64.6 cm³/mol. The number of carbonyl (C=O) groups is 3. The first-order valence-corrected chi connectivity index (χ1v) is 6.11. The van der Waals surface area contributed by atoms with Crippen LogP contribution in [0.5, 0.6) is 0 Å². The van der Waals surface area contributed by atoms with Crippen LogP contribution in [0.15, 0.2) is 0 Å². The highest BCUT2D eigenvalue weighted by molar-refractivity contribution is 5.93. The van der Waals surface area contributed by atoms with Gasteiger partial charge in [0.25, 0.3) is 0 Å². The van der Waals surface area contributed by atoms with Gasteiger partial charge in [0.1, 0.15) is 12.1 Å². The van der Waals surface area contributed by atoms with E-state index in [-0.39, 0.29) is 17.7 Å². The number of carbonyl (C=O) groups excluding carboxylic acids is 3. The summed E-state index contributed by atoms with van der Waals surface area (Å²) >= 11 is 0. The number of esters is 1. The highest BCUT2D eigenvalue weighted by Gasteiger charge is 2.30. The molecule has 1 fully saturated rings. The molecule has 2 atom stereocenters. The summed E-state index contributed by atoms with van der Waals surface area (Å²) < 4.78 is 4.66. The van der Waals surface area contributed by atoms with Crippen LogP contribution in [0.3, 0.4) is 0 Å². The Hall–Kier alpha value is -1.59. The van der Waals surface area contributed by atoms with Crippen molar-refractivity contribution in [1.82, 2.24) is 10.6 Å². The Morgan fingerprint density at radius 3 is 2.61 bits per heavy atom. The normalized spacial score (nSPS) is 20.4. The Morgan fingerprint density at radius 1 is 1.50 bits per heavy atom. The predicted octanol–water partition coefficient (Wildman–Crippen LogP) is -0.0311. The highest BCUT2D eigenvalue weighted by atomic mass is 16.5. The molecule has 0 radical (unpaired) electrons. The van der Waals surface area contributed by atoms with Gasteiger partial charge in [-0.15, -0.1) is 0 Å². The quantitative estimate of drug-likeness (QED) is 0.676. The van der Waals surface area contributed by atoms with Gasteiger partial charge in [-0.3, -0.25) is 9.59 Å². The molecule has 1 saturated heterocycles. The van der Waals surface area contributed by atoms with Crippen molar-refractivity contribution in [3.05, 3.63) is 0 Å². The van der Waals surface area contributed by atoms with Crippen LogP contribution in [-0.2, 0) is 19.1 Å². The lowest BCUT2D eigenvalue weighted by molar-refractivity contribution is -0.145. The highest BCUT2D eigenvalue weighted by Crippen LogP contribution is 2.10. The van der Waals surface area contributed by atoms with Gasteiger partial charge in [-0.1, -0.05) is 13.8 Å². The molecule has 0 aromatic carbocycles. The molecule has 2 amide bonds. The van der Waals surface area contributed by atoms with Gasteiger partial charge in [-0.05, 0) is 18.8 Å². The van der Waals surface area contributed by atoms with E-state index in [1.54, 1.807) is 0 Å². The Labute approximate surface area is 106 Å². The number of hydrogen-bond acceptors (Lipinski definition) is 4. The van der Waals surface area contributed by atoms with Crippen LogP contribution in [0, 0.1) is 5.92 Å². The molecule has 2 N–H and O–H groups in total. The summed E-state index contributed by atoms with van der Waals surface area (Å²) in [6.45, 7) is 3.92. The molecular weight excluding hydrogens is 236 g/mol. The fourth-order valence-corrected chi connectivity index (χ4v) is 1.91. The average Bonchev–Trinajstić information content (AvgIpc) is 2.73. The Morgan fingerprint density at radius 2 is 2.17 bits per heavy atom. The van der Waals surface area contributed by atoms with E-state index < -0.39 is 18.1 Å². The number of rotatable bonds is 5. The monoisotopic (exact) mass is 256 g/mol. The summed E-state index contributed by atoms with van der Waals surface area (Å²) in [6, 6.07) is -1.18. The second-order valence-corrected chi connectivity index (χ2v) is 4.87. The second-order valence-electron chi connectivity index (χ2n) is 4.87. The average molecular weight is 256 g/mol. The lowest BCUT2D eigenvalue weighted by atomic mass is 10.0. The molecule has 6 heteroatoms. The molecule has 0 unspecified atom stereocenters. The van der Waals surface area contributed by atoms with Gasteiger partial charge in [0.2, 0.25) is 11.8 Å². The summed E-state index contributed by atoms with van der Waals surface area (Å²) in [6.07, 6.45) is 1.34.